The summed E-state index contributed by atoms with van der Waals surface area (Å²) in [6.45, 7) is 1.44. The lowest BCUT2D eigenvalue weighted by atomic mass is 9.97. The molecule has 144 valence electrons. The molecule has 1 fully saturated rings. The minimum atomic E-state index is -0.697. The number of carboxylic acid groups (broad SMARTS) is 1. The zero-order valence-corrected chi connectivity index (χ0v) is 16.3. The van der Waals surface area contributed by atoms with E-state index in [1.165, 1.54) is 0 Å². The number of aliphatic carboxylic acids is 1. The van der Waals surface area contributed by atoms with Crippen LogP contribution in [0.25, 0.3) is 22.0 Å². The smallest absolute Gasteiger partial charge is 0.306 e. The zero-order valence-electron chi connectivity index (χ0n) is 15.6. The number of hydrogen-bond acceptors (Lipinski definition) is 4. The van der Waals surface area contributed by atoms with E-state index < -0.39 is 5.97 Å². The zero-order chi connectivity index (χ0) is 19.7. The molecule has 3 aromatic rings. The fourth-order valence-electron chi connectivity index (χ4n) is 3.67. The molecule has 0 bridgehead atoms. The normalized spacial score (nSPS) is 15.0. The SMILES string of the molecule is COc1ccc(-c2ccc3nc(N4CCC(C(=O)O)CC4)ccc3c2)cc1Cl. The van der Waals surface area contributed by atoms with Crippen LogP contribution < -0.4 is 9.64 Å². The van der Waals surface area contributed by atoms with E-state index in [9.17, 15) is 4.79 Å². The van der Waals surface area contributed by atoms with Crippen LogP contribution in [0.4, 0.5) is 5.82 Å². The number of anilines is 1. The third-order valence-electron chi connectivity index (χ3n) is 5.33. The summed E-state index contributed by atoms with van der Waals surface area (Å²) in [6.07, 6.45) is 1.32. The molecule has 0 spiro atoms. The van der Waals surface area contributed by atoms with E-state index in [4.69, 9.17) is 26.4 Å². The topological polar surface area (TPSA) is 62.7 Å². The monoisotopic (exact) mass is 396 g/mol. The van der Waals surface area contributed by atoms with Crippen molar-refractivity contribution in [1.82, 2.24) is 4.98 Å². The predicted molar refractivity (Wildman–Crippen MR) is 111 cm³/mol. The van der Waals surface area contributed by atoms with Crippen LogP contribution in [0.2, 0.25) is 5.02 Å². The van der Waals surface area contributed by atoms with Crippen LogP contribution in [0.15, 0.2) is 48.5 Å². The minimum Gasteiger partial charge on any atom is -0.495 e. The highest BCUT2D eigenvalue weighted by Crippen LogP contribution is 2.32. The van der Waals surface area contributed by atoms with Gasteiger partial charge in [-0.3, -0.25) is 4.79 Å². The summed E-state index contributed by atoms with van der Waals surface area (Å²) >= 11 is 6.25. The molecule has 0 aliphatic carbocycles. The van der Waals surface area contributed by atoms with Gasteiger partial charge < -0.3 is 14.7 Å². The number of rotatable bonds is 4. The van der Waals surface area contributed by atoms with Crippen LogP contribution in [0.5, 0.6) is 5.75 Å². The molecule has 0 radical (unpaired) electrons. The number of pyridine rings is 1. The second-order valence-corrected chi connectivity index (χ2v) is 7.43. The van der Waals surface area contributed by atoms with Crippen molar-refractivity contribution in [2.24, 2.45) is 5.92 Å². The molecule has 5 nitrogen and oxygen atoms in total. The average molecular weight is 397 g/mol. The Hall–Kier alpha value is -2.79. The summed E-state index contributed by atoms with van der Waals surface area (Å²) in [5.74, 6) is 0.619. The molecule has 1 N–H and O–H groups in total. The molecule has 1 saturated heterocycles. The number of carbonyl (C=O) groups is 1. The summed E-state index contributed by atoms with van der Waals surface area (Å²) in [6, 6.07) is 16.0. The van der Waals surface area contributed by atoms with Gasteiger partial charge in [0.1, 0.15) is 11.6 Å². The number of ether oxygens (including phenoxy) is 1. The number of benzene rings is 2. The van der Waals surface area contributed by atoms with Gasteiger partial charge in [-0.15, -0.1) is 0 Å². The first-order valence-corrected chi connectivity index (χ1v) is 9.65. The molecular weight excluding hydrogens is 376 g/mol. The first-order chi connectivity index (χ1) is 13.5. The summed E-state index contributed by atoms with van der Waals surface area (Å²) in [7, 11) is 1.60. The van der Waals surface area contributed by atoms with E-state index in [2.05, 4.69) is 17.0 Å². The lowest BCUT2D eigenvalue weighted by Crippen LogP contribution is -2.36. The molecule has 0 unspecified atom stereocenters. The van der Waals surface area contributed by atoms with Gasteiger partial charge in [-0.1, -0.05) is 23.7 Å². The maximum atomic E-state index is 11.1. The van der Waals surface area contributed by atoms with Crippen LogP contribution in [0.3, 0.4) is 0 Å². The van der Waals surface area contributed by atoms with Crippen molar-refractivity contribution in [3.8, 4) is 16.9 Å². The Kier molecular flexibility index (Phi) is 5.09. The summed E-state index contributed by atoms with van der Waals surface area (Å²) < 4.78 is 5.22. The van der Waals surface area contributed by atoms with Crippen LogP contribution in [-0.4, -0.2) is 36.3 Å². The number of methoxy groups -OCH3 is 1. The van der Waals surface area contributed by atoms with E-state index in [0.717, 1.165) is 40.9 Å². The van der Waals surface area contributed by atoms with Crippen LogP contribution in [0.1, 0.15) is 12.8 Å². The minimum absolute atomic E-state index is 0.240. The highest BCUT2D eigenvalue weighted by molar-refractivity contribution is 6.32. The second kappa shape index (κ2) is 7.68. The predicted octanol–water partition coefficient (Wildman–Crippen LogP) is 4.86. The van der Waals surface area contributed by atoms with E-state index in [0.29, 0.717) is 23.6 Å². The molecule has 0 atom stereocenters. The van der Waals surface area contributed by atoms with Gasteiger partial charge in [-0.2, -0.15) is 0 Å². The third-order valence-corrected chi connectivity index (χ3v) is 5.62. The second-order valence-electron chi connectivity index (χ2n) is 7.03. The van der Waals surface area contributed by atoms with Crippen molar-refractivity contribution in [3.63, 3.8) is 0 Å². The first-order valence-electron chi connectivity index (χ1n) is 9.27. The first kappa shape index (κ1) is 18.6. The lowest BCUT2D eigenvalue weighted by Gasteiger charge is -2.31. The van der Waals surface area contributed by atoms with Crippen molar-refractivity contribution in [2.45, 2.75) is 12.8 Å². The van der Waals surface area contributed by atoms with Crippen molar-refractivity contribution in [1.29, 1.82) is 0 Å². The van der Waals surface area contributed by atoms with Gasteiger partial charge in [-0.25, -0.2) is 4.98 Å². The molecular formula is C22H21ClN2O3. The van der Waals surface area contributed by atoms with E-state index in [1.807, 2.05) is 36.4 Å². The Bertz CT molecular complexity index is 1030. The van der Waals surface area contributed by atoms with Crippen LogP contribution in [-0.2, 0) is 4.79 Å². The van der Waals surface area contributed by atoms with Crippen LogP contribution in [0, 0.1) is 5.92 Å². The molecule has 1 aromatic heterocycles. The van der Waals surface area contributed by atoms with Gasteiger partial charge in [0.2, 0.25) is 0 Å². The maximum absolute atomic E-state index is 11.1. The largest absolute Gasteiger partial charge is 0.495 e. The highest BCUT2D eigenvalue weighted by Gasteiger charge is 2.25. The third kappa shape index (κ3) is 3.62. The van der Waals surface area contributed by atoms with Gasteiger partial charge >= 0.3 is 5.97 Å². The van der Waals surface area contributed by atoms with Crippen LogP contribution >= 0.6 is 11.6 Å². The highest BCUT2D eigenvalue weighted by atomic mass is 35.5. The fourth-order valence-corrected chi connectivity index (χ4v) is 3.93. The van der Waals surface area contributed by atoms with Gasteiger partial charge in [-0.05, 0) is 60.4 Å². The number of fused-ring (bicyclic) bond motifs is 1. The molecule has 0 amide bonds. The average Bonchev–Trinajstić information content (AvgIpc) is 2.73. The molecule has 28 heavy (non-hydrogen) atoms. The summed E-state index contributed by atoms with van der Waals surface area (Å²) in [5.41, 5.74) is 3.00. The molecule has 0 saturated carbocycles. The quantitative estimate of drug-likeness (QED) is 0.682. The number of nitrogens with zero attached hydrogens (tertiary/aromatic N) is 2. The Labute approximate surface area is 168 Å². The number of aromatic nitrogens is 1. The number of halogens is 1. The molecule has 4 rings (SSSR count). The van der Waals surface area contributed by atoms with Gasteiger partial charge in [0, 0.05) is 18.5 Å². The Morgan fingerprint density at radius 3 is 2.50 bits per heavy atom. The Balaban J connectivity index is 1.58. The van der Waals surface area contributed by atoms with Crippen molar-refractivity contribution < 1.29 is 14.6 Å². The maximum Gasteiger partial charge on any atom is 0.306 e. The van der Waals surface area contributed by atoms with Crippen molar-refractivity contribution in [2.75, 3.05) is 25.1 Å². The number of hydrogen-bond donors (Lipinski definition) is 1. The standard InChI is InChI=1S/C22H21ClN2O3/c1-28-20-6-3-16(13-18(20)23)15-2-5-19-17(12-15)4-7-21(24-19)25-10-8-14(9-11-25)22(26)27/h2-7,12-14H,8-11H2,1H3,(H,26,27). The van der Waals surface area contributed by atoms with E-state index in [1.54, 1.807) is 7.11 Å². The van der Waals surface area contributed by atoms with Gasteiger partial charge in [0.05, 0.1) is 23.6 Å². The Morgan fingerprint density at radius 2 is 1.82 bits per heavy atom. The molecule has 1 aliphatic rings. The summed E-state index contributed by atoms with van der Waals surface area (Å²) in [4.78, 5) is 18.1. The van der Waals surface area contributed by atoms with Crippen molar-refractivity contribution in [3.05, 3.63) is 53.6 Å². The molecule has 6 heteroatoms. The van der Waals surface area contributed by atoms with E-state index in [-0.39, 0.29) is 5.92 Å². The molecule has 1 aliphatic heterocycles. The summed E-state index contributed by atoms with van der Waals surface area (Å²) in [5, 5.41) is 10.8. The van der Waals surface area contributed by atoms with E-state index >= 15 is 0 Å². The fraction of sp³-hybridized carbons (Fsp3) is 0.273. The molecule has 2 heterocycles. The number of carboxylic acids is 1. The molecule has 2 aromatic carbocycles. The van der Waals surface area contributed by atoms with Crippen molar-refractivity contribution >= 4 is 34.3 Å². The number of piperidine rings is 1. The van der Waals surface area contributed by atoms with Gasteiger partial charge in [0.15, 0.2) is 0 Å². The Morgan fingerprint density at radius 1 is 1.11 bits per heavy atom. The van der Waals surface area contributed by atoms with Gasteiger partial charge in [0.25, 0.3) is 0 Å². The lowest BCUT2D eigenvalue weighted by molar-refractivity contribution is -0.142.